The molecule has 0 amide bonds. The Morgan fingerprint density at radius 1 is 1.29 bits per heavy atom. The van der Waals surface area contributed by atoms with Crippen LogP contribution in [0.1, 0.15) is 30.0 Å². The minimum absolute atomic E-state index is 0.0386. The van der Waals surface area contributed by atoms with E-state index < -0.39 is 0 Å². The largest absolute Gasteiger partial charge is 0.293 e. The van der Waals surface area contributed by atoms with Crippen molar-refractivity contribution in [3.05, 3.63) is 47.8 Å². The Morgan fingerprint density at radius 3 is 2.67 bits per heavy atom. The van der Waals surface area contributed by atoms with Crippen LogP contribution in [0.15, 0.2) is 36.4 Å². The first-order chi connectivity index (χ1) is 10.2. The smallest absolute Gasteiger partial charge is 0.179 e. The van der Waals surface area contributed by atoms with Gasteiger partial charge in [-0.1, -0.05) is 37.3 Å². The second-order valence-corrected chi connectivity index (χ2v) is 5.74. The van der Waals surface area contributed by atoms with Gasteiger partial charge in [0, 0.05) is 12.5 Å². The van der Waals surface area contributed by atoms with Crippen LogP contribution in [0, 0.1) is 0 Å². The van der Waals surface area contributed by atoms with Crippen molar-refractivity contribution in [2.24, 2.45) is 0 Å². The summed E-state index contributed by atoms with van der Waals surface area (Å²) in [5.41, 5.74) is 3.45. The Kier molecular flexibility index (Phi) is 3.66. The molecule has 0 aliphatic heterocycles. The van der Waals surface area contributed by atoms with E-state index in [1.165, 1.54) is 6.92 Å². The maximum absolute atomic E-state index is 11.4. The minimum atomic E-state index is -0.0386. The number of H-pyrrole nitrogens is 1. The molecule has 4 nitrogen and oxygen atoms in total. The van der Waals surface area contributed by atoms with E-state index >= 15 is 0 Å². The van der Waals surface area contributed by atoms with Crippen molar-refractivity contribution in [1.82, 2.24) is 15.2 Å². The van der Waals surface area contributed by atoms with Gasteiger partial charge in [0.1, 0.15) is 10.7 Å². The van der Waals surface area contributed by atoms with E-state index in [0.717, 1.165) is 33.3 Å². The van der Waals surface area contributed by atoms with Crippen LogP contribution in [0.5, 0.6) is 0 Å². The Morgan fingerprint density at radius 2 is 2.05 bits per heavy atom. The summed E-state index contributed by atoms with van der Waals surface area (Å²) in [7, 11) is 0. The van der Waals surface area contributed by atoms with Gasteiger partial charge in [-0.25, -0.2) is 4.98 Å². The summed E-state index contributed by atoms with van der Waals surface area (Å²) < 4.78 is 0. The van der Waals surface area contributed by atoms with Gasteiger partial charge in [-0.05, 0) is 12.5 Å². The number of rotatable bonds is 4. The predicted molar refractivity (Wildman–Crippen MR) is 84.5 cm³/mol. The number of aryl methyl sites for hydroxylation is 1. The van der Waals surface area contributed by atoms with Crippen molar-refractivity contribution in [2.45, 2.75) is 20.3 Å². The van der Waals surface area contributed by atoms with Crippen molar-refractivity contribution in [2.75, 3.05) is 0 Å². The second kappa shape index (κ2) is 5.61. The molecule has 0 saturated carbocycles. The van der Waals surface area contributed by atoms with Crippen LogP contribution in [0.2, 0.25) is 0 Å². The van der Waals surface area contributed by atoms with Crippen molar-refractivity contribution in [1.29, 1.82) is 0 Å². The van der Waals surface area contributed by atoms with Crippen molar-refractivity contribution < 1.29 is 4.79 Å². The molecule has 21 heavy (non-hydrogen) atoms. The van der Waals surface area contributed by atoms with Gasteiger partial charge in [-0.15, -0.1) is 11.3 Å². The van der Waals surface area contributed by atoms with Gasteiger partial charge in [0.25, 0.3) is 0 Å². The first kappa shape index (κ1) is 13.7. The minimum Gasteiger partial charge on any atom is -0.293 e. The van der Waals surface area contributed by atoms with Gasteiger partial charge >= 0.3 is 0 Å². The molecule has 1 N–H and O–H groups in total. The number of hydrogen-bond donors (Lipinski definition) is 1. The van der Waals surface area contributed by atoms with E-state index in [9.17, 15) is 4.79 Å². The number of carbonyl (C=O) groups is 1. The number of aromatic nitrogens is 3. The van der Waals surface area contributed by atoms with Gasteiger partial charge in [0.15, 0.2) is 5.78 Å². The van der Waals surface area contributed by atoms with Gasteiger partial charge in [-0.3, -0.25) is 9.89 Å². The Labute approximate surface area is 126 Å². The maximum Gasteiger partial charge on any atom is 0.179 e. The van der Waals surface area contributed by atoms with Gasteiger partial charge in [0.2, 0.25) is 0 Å². The van der Waals surface area contributed by atoms with Crippen LogP contribution in [0.25, 0.3) is 21.1 Å². The molecule has 0 saturated heterocycles. The molecule has 3 rings (SSSR count). The lowest BCUT2D eigenvalue weighted by Gasteiger charge is -1.93. The standard InChI is InChI=1S/C16H15N3OS/c1-3-12-15(14-9-13(10(2)20)18-19-14)21-16(17-12)11-7-5-4-6-8-11/h4-9H,3H2,1-2H3,(H,18,19). The Hall–Kier alpha value is -2.27. The van der Waals surface area contributed by atoms with Crippen molar-refractivity contribution >= 4 is 17.1 Å². The van der Waals surface area contributed by atoms with Gasteiger partial charge < -0.3 is 0 Å². The van der Waals surface area contributed by atoms with Crippen LogP contribution in [0.4, 0.5) is 0 Å². The molecule has 5 heteroatoms. The highest BCUT2D eigenvalue weighted by Crippen LogP contribution is 2.35. The molecular weight excluding hydrogens is 282 g/mol. The van der Waals surface area contributed by atoms with Gasteiger partial charge in [-0.2, -0.15) is 5.10 Å². The molecule has 0 fully saturated rings. The van der Waals surface area contributed by atoms with Crippen LogP contribution in [-0.2, 0) is 6.42 Å². The number of nitrogens with zero attached hydrogens (tertiary/aromatic N) is 2. The average molecular weight is 297 g/mol. The lowest BCUT2D eigenvalue weighted by molar-refractivity contribution is 0.101. The molecule has 3 aromatic rings. The lowest BCUT2D eigenvalue weighted by atomic mass is 10.2. The zero-order chi connectivity index (χ0) is 14.8. The van der Waals surface area contributed by atoms with E-state index in [1.54, 1.807) is 17.4 Å². The fraction of sp³-hybridized carbons (Fsp3) is 0.188. The summed E-state index contributed by atoms with van der Waals surface area (Å²) in [5.74, 6) is -0.0386. The molecule has 2 aromatic heterocycles. The number of nitrogens with one attached hydrogen (secondary N) is 1. The number of hydrogen-bond acceptors (Lipinski definition) is 4. The first-order valence-electron chi connectivity index (χ1n) is 6.81. The molecule has 0 spiro atoms. The fourth-order valence-corrected chi connectivity index (χ4v) is 3.25. The highest BCUT2D eigenvalue weighted by atomic mass is 32.1. The average Bonchev–Trinajstić information content (AvgIpc) is 3.14. The summed E-state index contributed by atoms with van der Waals surface area (Å²) in [6.45, 7) is 3.60. The van der Waals surface area contributed by atoms with E-state index in [2.05, 4.69) is 29.3 Å². The molecule has 0 radical (unpaired) electrons. The summed E-state index contributed by atoms with van der Waals surface area (Å²) in [6.07, 6.45) is 0.840. The second-order valence-electron chi connectivity index (χ2n) is 4.74. The summed E-state index contributed by atoms with van der Waals surface area (Å²) in [5, 5.41) is 7.98. The van der Waals surface area contributed by atoms with Gasteiger partial charge in [0.05, 0.1) is 16.3 Å². The molecule has 2 heterocycles. The quantitative estimate of drug-likeness (QED) is 0.741. The number of aromatic amines is 1. The number of benzene rings is 1. The molecular formula is C16H15N3OS. The molecule has 1 aromatic carbocycles. The molecule has 0 unspecified atom stereocenters. The van der Waals surface area contributed by atoms with Crippen molar-refractivity contribution in [3.63, 3.8) is 0 Å². The number of Topliss-reactive ketones (excluding diaryl/α,β-unsaturated/α-hetero) is 1. The third-order valence-corrected chi connectivity index (χ3v) is 4.42. The Bertz CT molecular complexity index is 774. The van der Waals surface area contributed by atoms with E-state index in [4.69, 9.17) is 4.98 Å². The van der Waals surface area contributed by atoms with Crippen LogP contribution < -0.4 is 0 Å². The Balaban J connectivity index is 2.05. The van der Waals surface area contributed by atoms with Crippen LogP contribution in [0.3, 0.4) is 0 Å². The molecule has 0 bridgehead atoms. The summed E-state index contributed by atoms with van der Waals surface area (Å²) >= 11 is 1.62. The van der Waals surface area contributed by atoms with E-state index in [-0.39, 0.29) is 5.78 Å². The predicted octanol–water partition coefficient (Wildman–Crippen LogP) is 3.97. The molecule has 0 aliphatic rings. The van der Waals surface area contributed by atoms with E-state index in [0.29, 0.717) is 5.69 Å². The van der Waals surface area contributed by atoms with Crippen LogP contribution in [-0.4, -0.2) is 21.0 Å². The molecule has 0 atom stereocenters. The number of thiazole rings is 1. The van der Waals surface area contributed by atoms with Crippen LogP contribution >= 0.6 is 11.3 Å². The number of carbonyl (C=O) groups excluding carboxylic acids is 1. The zero-order valence-electron chi connectivity index (χ0n) is 11.9. The SMILES string of the molecule is CCc1nc(-c2ccccc2)sc1-c1cc(C(C)=O)n[nH]1. The number of ketones is 1. The highest BCUT2D eigenvalue weighted by molar-refractivity contribution is 7.18. The lowest BCUT2D eigenvalue weighted by Crippen LogP contribution is -1.90. The first-order valence-corrected chi connectivity index (χ1v) is 7.62. The third kappa shape index (κ3) is 2.64. The molecule has 0 aliphatic carbocycles. The maximum atomic E-state index is 11.4. The normalized spacial score (nSPS) is 10.8. The topological polar surface area (TPSA) is 58.6 Å². The summed E-state index contributed by atoms with van der Waals surface area (Å²) in [4.78, 5) is 17.1. The highest BCUT2D eigenvalue weighted by Gasteiger charge is 2.16. The zero-order valence-corrected chi connectivity index (χ0v) is 12.7. The summed E-state index contributed by atoms with van der Waals surface area (Å²) in [6, 6.07) is 11.9. The fourth-order valence-electron chi connectivity index (χ4n) is 2.12. The molecule has 106 valence electrons. The monoisotopic (exact) mass is 297 g/mol. The van der Waals surface area contributed by atoms with E-state index in [1.807, 2.05) is 18.2 Å². The van der Waals surface area contributed by atoms with Crippen molar-refractivity contribution in [3.8, 4) is 21.1 Å². The third-order valence-electron chi connectivity index (χ3n) is 3.24.